The van der Waals surface area contributed by atoms with Crippen LogP contribution in [0.4, 0.5) is 16.3 Å². The number of halogens is 1. The van der Waals surface area contributed by atoms with E-state index in [1.54, 1.807) is 32.9 Å². The zero-order valence-corrected chi connectivity index (χ0v) is 18.2. The Labute approximate surface area is 176 Å². The first-order chi connectivity index (χ1) is 13.7. The molecule has 2 rings (SSSR count). The van der Waals surface area contributed by atoms with Gasteiger partial charge in [0.1, 0.15) is 5.60 Å². The summed E-state index contributed by atoms with van der Waals surface area (Å²) in [6, 6.07) is 5.48. The number of nitrogens with zero attached hydrogens (tertiary/aromatic N) is 3. The van der Waals surface area contributed by atoms with Gasteiger partial charge >= 0.3 is 6.09 Å². The largest absolute Gasteiger partial charge is 0.491 e. The molecule has 0 fully saturated rings. The lowest BCUT2D eigenvalue weighted by molar-refractivity contribution is 0.0597. The lowest BCUT2D eigenvalue weighted by Gasteiger charge is -2.28. The van der Waals surface area contributed by atoms with Gasteiger partial charge in [0.25, 0.3) is 0 Å². The number of anilines is 2. The molecule has 0 aliphatic rings. The van der Waals surface area contributed by atoms with Crippen molar-refractivity contribution in [2.45, 2.75) is 52.6 Å². The summed E-state index contributed by atoms with van der Waals surface area (Å²) in [5, 5.41) is 7.77. The molecule has 0 aliphatic carbocycles. The van der Waals surface area contributed by atoms with E-state index in [1.807, 2.05) is 6.07 Å². The van der Waals surface area contributed by atoms with Crippen molar-refractivity contribution in [1.29, 1.82) is 5.41 Å². The molecule has 0 saturated heterocycles. The lowest BCUT2D eigenvalue weighted by Crippen LogP contribution is -2.34. The Bertz CT molecular complexity index is 881. The van der Waals surface area contributed by atoms with Crippen LogP contribution in [-0.2, 0) is 11.2 Å². The summed E-state index contributed by atoms with van der Waals surface area (Å²) < 4.78 is 10.9. The van der Waals surface area contributed by atoms with Crippen molar-refractivity contribution in [2.24, 2.45) is 0 Å². The number of hydrogen-bond acceptors (Lipinski definition) is 6. The molecule has 1 aromatic carbocycles. The summed E-state index contributed by atoms with van der Waals surface area (Å²) >= 11 is 5.99. The molecule has 1 amide bonds. The van der Waals surface area contributed by atoms with E-state index in [0.717, 1.165) is 30.4 Å². The number of rotatable bonds is 7. The quantitative estimate of drug-likeness (QED) is 0.470. The molecule has 1 heterocycles. The van der Waals surface area contributed by atoms with Crippen LogP contribution in [0.5, 0.6) is 5.75 Å². The lowest BCUT2D eigenvalue weighted by atomic mass is 10.0. The summed E-state index contributed by atoms with van der Waals surface area (Å²) in [4.78, 5) is 22.5. The number of ether oxygens (including phenoxy) is 2. The highest BCUT2D eigenvalue weighted by Gasteiger charge is 2.29. The van der Waals surface area contributed by atoms with Crippen LogP contribution in [0.1, 0.15) is 51.7 Å². The van der Waals surface area contributed by atoms with Gasteiger partial charge in [-0.05, 0) is 68.5 Å². The number of hydrogen-bond donors (Lipinski definition) is 1. The van der Waals surface area contributed by atoms with Crippen LogP contribution in [0.25, 0.3) is 0 Å². The summed E-state index contributed by atoms with van der Waals surface area (Å²) in [5.41, 5.74) is 1.54. The smallest absolute Gasteiger partial charge is 0.420 e. The number of aryl methyl sites for hydroxylation is 1. The number of unbranched alkanes of at least 4 members (excludes halogenated alkanes) is 1. The summed E-state index contributed by atoms with van der Waals surface area (Å²) in [5.74, 6) is 0.436. The van der Waals surface area contributed by atoms with Crippen molar-refractivity contribution in [2.75, 3.05) is 12.0 Å². The number of carbonyl (C=O) groups excluding carboxylic acids is 1. The Morgan fingerprint density at radius 2 is 2.07 bits per heavy atom. The molecule has 0 aliphatic heterocycles. The number of aromatic nitrogens is 2. The second-order valence-electron chi connectivity index (χ2n) is 7.48. The summed E-state index contributed by atoms with van der Waals surface area (Å²) in [6.45, 7) is 7.46. The molecule has 29 heavy (non-hydrogen) atoms. The Hall–Kier alpha value is -2.67. The van der Waals surface area contributed by atoms with Crippen LogP contribution >= 0.6 is 11.6 Å². The first-order valence-corrected chi connectivity index (χ1v) is 9.81. The van der Waals surface area contributed by atoms with Crippen LogP contribution in [0.3, 0.4) is 0 Å². The van der Waals surface area contributed by atoms with Crippen LogP contribution in [0, 0.1) is 5.41 Å². The van der Waals surface area contributed by atoms with Crippen LogP contribution < -0.4 is 9.64 Å². The van der Waals surface area contributed by atoms with E-state index in [0.29, 0.717) is 5.69 Å². The number of methoxy groups -OCH3 is 1. The fourth-order valence-corrected chi connectivity index (χ4v) is 2.85. The van der Waals surface area contributed by atoms with Gasteiger partial charge in [0, 0.05) is 6.21 Å². The average molecular weight is 419 g/mol. The Morgan fingerprint density at radius 1 is 1.34 bits per heavy atom. The molecule has 1 aromatic heterocycles. The van der Waals surface area contributed by atoms with E-state index < -0.39 is 11.7 Å². The summed E-state index contributed by atoms with van der Waals surface area (Å²) in [7, 11) is 1.46. The normalized spacial score (nSPS) is 11.1. The first-order valence-electron chi connectivity index (χ1n) is 9.43. The Kier molecular flexibility index (Phi) is 7.56. The van der Waals surface area contributed by atoms with Gasteiger partial charge in [-0.25, -0.2) is 14.7 Å². The zero-order valence-electron chi connectivity index (χ0n) is 17.5. The van der Waals surface area contributed by atoms with Crippen molar-refractivity contribution in [3.05, 3.63) is 40.8 Å². The molecular weight excluding hydrogens is 392 g/mol. The SMILES string of the molecule is CCCCc1ccc(N(C(=O)OC(C)(C)C)c2nc(Cl)ncc2OC)cc1C=N. The second kappa shape index (κ2) is 9.69. The van der Waals surface area contributed by atoms with E-state index in [9.17, 15) is 4.79 Å². The predicted octanol–water partition coefficient (Wildman–Crippen LogP) is 5.55. The first kappa shape index (κ1) is 22.6. The molecule has 0 saturated carbocycles. The van der Waals surface area contributed by atoms with Crippen molar-refractivity contribution >= 4 is 35.4 Å². The molecule has 156 valence electrons. The predicted molar refractivity (Wildman–Crippen MR) is 115 cm³/mol. The van der Waals surface area contributed by atoms with Gasteiger partial charge < -0.3 is 14.9 Å². The van der Waals surface area contributed by atoms with Crippen LogP contribution in [0.15, 0.2) is 24.4 Å². The maximum absolute atomic E-state index is 13.1. The maximum Gasteiger partial charge on any atom is 0.420 e. The van der Waals surface area contributed by atoms with E-state index in [1.165, 1.54) is 24.4 Å². The van der Waals surface area contributed by atoms with Crippen LogP contribution in [0.2, 0.25) is 5.28 Å². The van der Waals surface area contributed by atoms with E-state index in [2.05, 4.69) is 16.9 Å². The average Bonchev–Trinajstić information content (AvgIpc) is 2.65. The highest BCUT2D eigenvalue weighted by Crippen LogP contribution is 2.34. The minimum atomic E-state index is -0.717. The van der Waals surface area contributed by atoms with Crippen molar-refractivity contribution < 1.29 is 14.3 Å². The molecule has 8 heteroatoms. The molecular formula is C21H27ClN4O3. The van der Waals surface area contributed by atoms with Crippen LogP contribution in [-0.4, -0.2) is 35.0 Å². The molecule has 7 nitrogen and oxygen atoms in total. The third kappa shape index (κ3) is 5.90. The van der Waals surface area contributed by atoms with E-state index >= 15 is 0 Å². The highest BCUT2D eigenvalue weighted by molar-refractivity contribution is 6.28. The third-order valence-electron chi connectivity index (χ3n) is 4.06. The van der Waals surface area contributed by atoms with Crippen molar-refractivity contribution in [3.63, 3.8) is 0 Å². The minimum absolute atomic E-state index is 0.0267. The van der Waals surface area contributed by atoms with E-state index in [-0.39, 0.29) is 16.9 Å². The van der Waals surface area contributed by atoms with Gasteiger partial charge in [0.2, 0.25) is 5.28 Å². The minimum Gasteiger partial charge on any atom is -0.491 e. The van der Waals surface area contributed by atoms with Gasteiger partial charge in [-0.1, -0.05) is 19.4 Å². The fraction of sp³-hybridized carbons (Fsp3) is 0.429. The van der Waals surface area contributed by atoms with Gasteiger partial charge in [-0.15, -0.1) is 0 Å². The molecule has 0 radical (unpaired) electrons. The molecule has 0 bridgehead atoms. The molecule has 0 unspecified atom stereocenters. The van der Waals surface area contributed by atoms with E-state index in [4.69, 9.17) is 26.5 Å². The second-order valence-corrected chi connectivity index (χ2v) is 7.82. The fourth-order valence-electron chi connectivity index (χ4n) is 2.72. The maximum atomic E-state index is 13.1. The molecule has 0 atom stereocenters. The summed E-state index contributed by atoms with van der Waals surface area (Å²) in [6.07, 6.45) is 4.98. The third-order valence-corrected chi connectivity index (χ3v) is 4.24. The Balaban J connectivity index is 2.61. The Morgan fingerprint density at radius 3 is 2.66 bits per heavy atom. The zero-order chi connectivity index (χ0) is 21.6. The van der Waals surface area contributed by atoms with Gasteiger partial charge in [0.05, 0.1) is 19.0 Å². The number of nitrogens with one attached hydrogen (secondary N) is 1. The molecule has 1 N–H and O–H groups in total. The van der Waals surface area contributed by atoms with Crippen molar-refractivity contribution in [1.82, 2.24) is 9.97 Å². The molecule has 2 aromatic rings. The van der Waals surface area contributed by atoms with Gasteiger partial charge in [-0.3, -0.25) is 0 Å². The molecule has 0 spiro atoms. The monoisotopic (exact) mass is 418 g/mol. The number of amides is 1. The van der Waals surface area contributed by atoms with Gasteiger partial charge in [-0.2, -0.15) is 4.98 Å². The standard InChI is InChI=1S/C21H27ClN4O3/c1-6-7-8-14-9-10-16(11-15(14)12-23)26(20(27)29-21(2,3)4)18-17(28-5)13-24-19(22)25-18/h9-13,23H,6-8H2,1-5H3. The number of carbonyl (C=O) groups is 1. The highest BCUT2D eigenvalue weighted by atomic mass is 35.5. The van der Waals surface area contributed by atoms with Gasteiger partial charge in [0.15, 0.2) is 11.6 Å². The number of benzene rings is 1. The topological polar surface area (TPSA) is 88.4 Å². The van der Waals surface area contributed by atoms with Crippen molar-refractivity contribution in [3.8, 4) is 5.75 Å².